The topological polar surface area (TPSA) is 47.6 Å². The molecule has 0 spiro atoms. The Morgan fingerprint density at radius 3 is 2.19 bits per heavy atom. The Morgan fingerprint density at radius 1 is 1.04 bits per heavy atom. The highest BCUT2D eigenvalue weighted by Crippen LogP contribution is 2.43. The highest BCUT2D eigenvalue weighted by atomic mass is 19.4. The summed E-state index contributed by atoms with van der Waals surface area (Å²) < 4.78 is 49.7. The quantitative estimate of drug-likeness (QED) is 0.797. The lowest BCUT2D eigenvalue weighted by Gasteiger charge is -2.27. The minimum atomic E-state index is -4.39. The van der Waals surface area contributed by atoms with Crippen LogP contribution in [0, 0.1) is 0 Å². The van der Waals surface area contributed by atoms with Crippen LogP contribution in [0.1, 0.15) is 42.9 Å². The first-order chi connectivity index (χ1) is 12.8. The fourth-order valence-corrected chi connectivity index (χ4v) is 3.21. The van der Waals surface area contributed by atoms with Crippen LogP contribution in [0.2, 0.25) is 0 Å². The molecule has 1 aliphatic heterocycles. The van der Waals surface area contributed by atoms with Crippen molar-refractivity contribution in [2.45, 2.75) is 32.4 Å². The smallest absolute Gasteiger partial charge is 0.416 e. The molecule has 2 aromatic carbocycles. The van der Waals surface area contributed by atoms with E-state index in [0.717, 1.165) is 17.7 Å². The van der Waals surface area contributed by atoms with Crippen LogP contribution in [-0.2, 0) is 11.0 Å². The van der Waals surface area contributed by atoms with Gasteiger partial charge >= 0.3 is 6.18 Å². The van der Waals surface area contributed by atoms with Gasteiger partial charge in [-0.1, -0.05) is 12.1 Å². The predicted molar refractivity (Wildman–Crippen MR) is 95.3 cm³/mol. The second kappa shape index (κ2) is 7.50. The van der Waals surface area contributed by atoms with Crippen molar-refractivity contribution in [2.75, 3.05) is 18.5 Å². The number of benzene rings is 2. The minimum Gasteiger partial charge on any atom is -0.490 e. The number of carbonyl (C=O) groups excluding carboxylic acids is 1. The Balaban J connectivity index is 2.04. The van der Waals surface area contributed by atoms with Crippen molar-refractivity contribution in [1.29, 1.82) is 0 Å². The average Bonchev–Trinajstić information content (AvgIpc) is 2.61. The monoisotopic (exact) mass is 379 g/mol. The van der Waals surface area contributed by atoms with Crippen molar-refractivity contribution in [3.8, 4) is 11.5 Å². The molecule has 1 amide bonds. The van der Waals surface area contributed by atoms with Crippen molar-refractivity contribution in [3.63, 3.8) is 0 Å². The van der Waals surface area contributed by atoms with Crippen molar-refractivity contribution in [3.05, 3.63) is 53.1 Å². The molecule has 4 nitrogen and oxygen atoms in total. The number of rotatable bonds is 5. The number of fused-ring (bicyclic) bond motifs is 1. The molecule has 27 heavy (non-hydrogen) atoms. The molecular formula is C20H20F3NO3. The van der Waals surface area contributed by atoms with E-state index in [0.29, 0.717) is 36.0 Å². The summed E-state index contributed by atoms with van der Waals surface area (Å²) in [5.74, 6) is 0.516. The molecular weight excluding hydrogens is 359 g/mol. The molecule has 0 saturated carbocycles. The van der Waals surface area contributed by atoms with Crippen LogP contribution >= 0.6 is 0 Å². The molecule has 0 aliphatic carbocycles. The second-order valence-electron chi connectivity index (χ2n) is 6.18. The van der Waals surface area contributed by atoms with E-state index in [1.54, 1.807) is 12.1 Å². The van der Waals surface area contributed by atoms with E-state index in [1.165, 1.54) is 12.1 Å². The number of carbonyl (C=O) groups is 1. The summed E-state index contributed by atoms with van der Waals surface area (Å²) in [6.07, 6.45) is -4.24. The first-order valence-electron chi connectivity index (χ1n) is 8.74. The largest absolute Gasteiger partial charge is 0.490 e. The fourth-order valence-electron chi connectivity index (χ4n) is 3.21. The van der Waals surface area contributed by atoms with Gasteiger partial charge in [0.05, 0.1) is 18.8 Å². The molecule has 0 bridgehead atoms. The van der Waals surface area contributed by atoms with Gasteiger partial charge in [-0.25, -0.2) is 0 Å². The fraction of sp³-hybridized carbons (Fsp3) is 0.350. The van der Waals surface area contributed by atoms with Crippen molar-refractivity contribution < 1.29 is 27.4 Å². The molecule has 7 heteroatoms. The average molecular weight is 379 g/mol. The summed E-state index contributed by atoms with van der Waals surface area (Å²) in [7, 11) is 0. The first-order valence-corrected chi connectivity index (χ1v) is 8.74. The molecule has 144 valence electrons. The maximum atomic E-state index is 12.8. The molecule has 0 fully saturated rings. The van der Waals surface area contributed by atoms with Gasteiger partial charge in [0.15, 0.2) is 11.5 Å². The Bertz CT molecular complexity index is 832. The third kappa shape index (κ3) is 4.02. The van der Waals surface area contributed by atoms with Crippen LogP contribution in [0.25, 0.3) is 0 Å². The van der Waals surface area contributed by atoms with Gasteiger partial charge < -0.3 is 14.8 Å². The number of ether oxygens (including phenoxy) is 2. The molecule has 1 N–H and O–H groups in total. The van der Waals surface area contributed by atoms with Gasteiger partial charge in [-0.3, -0.25) is 4.79 Å². The minimum absolute atomic E-state index is 0.151. The summed E-state index contributed by atoms with van der Waals surface area (Å²) in [4.78, 5) is 12.2. The lowest BCUT2D eigenvalue weighted by Crippen LogP contribution is -2.24. The van der Waals surface area contributed by atoms with Gasteiger partial charge in [0.25, 0.3) is 0 Å². The normalized spacial score (nSPS) is 16.5. The predicted octanol–water partition coefficient (Wildman–Crippen LogP) is 4.98. The van der Waals surface area contributed by atoms with Crippen LogP contribution in [0.5, 0.6) is 11.5 Å². The maximum absolute atomic E-state index is 12.8. The molecule has 2 aromatic rings. The number of hydrogen-bond acceptors (Lipinski definition) is 3. The number of alkyl halides is 3. The number of anilines is 1. The lowest BCUT2D eigenvalue weighted by molar-refractivity contribution is -0.137. The van der Waals surface area contributed by atoms with E-state index < -0.39 is 11.7 Å². The number of nitrogens with one attached hydrogen (secondary N) is 1. The van der Waals surface area contributed by atoms with Crippen LogP contribution in [-0.4, -0.2) is 19.1 Å². The van der Waals surface area contributed by atoms with Gasteiger partial charge in [0.1, 0.15) is 0 Å². The third-order valence-electron chi connectivity index (χ3n) is 4.39. The standard InChI is InChI=1S/C20H20F3NO3/c1-3-26-17-9-15-14(12-5-7-13(8-6-12)20(21,22)23)10-19(25)24-16(15)11-18(17)27-4-2/h5-9,11,14H,3-4,10H2,1-2H3,(H,24,25)/t14-/m0/s1. The summed E-state index contributed by atoms with van der Waals surface area (Å²) in [6.45, 7) is 4.58. The highest BCUT2D eigenvalue weighted by molar-refractivity contribution is 5.96. The van der Waals surface area contributed by atoms with E-state index in [9.17, 15) is 18.0 Å². The number of amides is 1. The molecule has 1 heterocycles. The summed E-state index contributed by atoms with van der Waals surface area (Å²) in [5, 5.41) is 2.81. The van der Waals surface area contributed by atoms with E-state index in [-0.39, 0.29) is 18.2 Å². The maximum Gasteiger partial charge on any atom is 0.416 e. The van der Waals surface area contributed by atoms with E-state index in [4.69, 9.17) is 9.47 Å². The van der Waals surface area contributed by atoms with Gasteiger partial charge in [0.2, 0.25) is 5.91 Å². The number of halogens is 3. The third-order valence-corrected chi connectivity index (χ3v) is 4.39. The molecule has 1 aliphatic rings. The SMILES string of the molecule is CCOc1cc2c(cc1OCC)[C@H](c1ccc(C(F)(F)F)cc1)CC(=O)N2. The van der Waals surface area contributed by atoms with E-state index in [1.807, 2.05) is 13.8 Å². The molecule has 0 saturated heterocycles. The Morgan fingerprint density at radius 2 is 1.63 bits per heavy atom. The van der Waals surface area contributed by atoms with Crippen molar-refractivity contribution in [1.82, 2.24) is 0 Å². The van der Waals surface area contributed by atoms with Crippen LogP contribution in [0.4, 0.5) is 18.9 Å². The van der Waals surface area contributed by atoms with E-state index >= 15 is 0 Å². The zero-order valence-corrected chi connectivity index (χ0v) is 15.0. The van der Waals surface area contributed by atoms with Crippen LogP contribution < -0.4 is 14.8 Å². The second-order valence-corrected chi connectivity index (χ2v) is 6.18. The Kier molecular flexibility index (Phi) is 5.30. The van der Waals surface area contributed by atoms with Gasteiger partial charge in [-0.15, -0.1) is 0 Å². The highest BCUT2D eigenvalue weighted by Gasteiger charge is 2.32. The van der Waals surface area contributed by atoms with Crippen molar-refractivity contribution in [2.24, 2.45) is 0 Å². The summed E-state index contributed by atoms with van der Waals surface area (Å²) in [5.41, 5.74) is 1.31. The molecule has 1 atom stereocenters. The zero-order chi connectivity index (χ0) is 19.6. The molecule has 3 rings (SSSR count). The Labute approximate surface area is 155 Å². The first kappa shape index (κ1) is 19.1. The van der Waals surface area contributed by atoms with Crippen molar-refractivity contribution >= 4 is 11.6 Å². The van der Waals surface area contributed by atoms with E-state index in [2.05, 4.69) is 5.32 Å². The lowest BCUT2D eigenvalue weighted by atomic mass is 9.84. The molecule has 0 unspecified atom stereocenters. The van der Waals surface area contributed by atoms with Gasteiger partial charge in [0, 0.05) is 24.1 Å². The van der Waals surface area contributed by atoms with Crippen LogP contribution in [0.3, 0.4) is 0 Å². The number of hydrogen-bond donors (Lipinski definition) is 1. The zero-order valence-electron chi connectivity index (χ0n) is 15.0. The van der Waals surface area contributed by atoms with Gasteiger partial charge in [-0.2, -0.15) is 13.2 Å². The van der Waals surface area contributed by atoms with Crippen LogP contribution in [0.15, 0.2) is 36.4 Å². The summed E-state index contributed by atoms with van der Waals surface area (Å²) in [6, 6.07) is 8.43. The summed E-state index contributed by atoms with van der Waals surface area (Å²) >= 11 is 0. The Hall–Kier alpha value is -2.70. The molecule has 0 aromatic heterocycles. The van der Waals surface area contributed by atoms with Gasteiger partial charge in [-0.05, 0) is 43.2 Å². The molecule has 0 radical (unpaired) electrons.